The Kier molecular flexibility index (Phi) is 4.97. The molecule has 0 atom stereocenters. The van der Waals surface area contributed by atoms with E-state index in [1.54, 1.807) is 42.5 Å². The van der Waals surface area contributed by atoms with E-state index >= 15 is 0 Å². The Morgan fingerprint density at radius 3 is 1.93 bits per heavy atom. The molecule has 0 saturated carbocycles. The molecule has 1 aliphatic rings. The summed E-state index contributed by atoms with van der Waals surface area (Å²) in [4.78, 5) is 41.6. The minimum Gasteiger partial charge on any atom is -0.483 e. The number of imide groups is 1. The topological polar surface area (TPSA) is 72.9 Å². The third kappa shape index (κ3) is 3.50. The summed E-state index contributed by atoms with van der Waals surface area (Å²) in [5.41, 5.74) is 0.314. The van der Waals surface area contributed by atoms with E-state index in [-0.39, 0.29) is 22.8 Å². The maximum atomic E-state index is 14.3. The number of hydrogen-bond donors (Lipinski definition) is 0. The molecule has 3 aromatic rings. The van der Waals surface area contributed by atoms with Crippen LogP contribution in [0.15, 0.2) is 66.7 Å². The highest BCUT2D eigenvalue weighted by molar-refractivity contribution is 6.21. The first-order chi connectivity index (χ1) is 14.5. The van der Waals surface area contributed by atoms with Crippen LogP contribution in [0.1, 0.15) is 36.6 Å². The second-order valence-corrected chi connectivity index (χ2v) is 6.37. The molecule has 0 bridgehead atoms. The molecule has 6 nitrogen and oxygen atoms in total. The van der Waals surface area contributed by atoms with Gasteiger partial charge in [0.15, 0.2) is 17.4 Å². The van der Waals surface area contributed by atoms with Gasteiger partial charge in [0.2, 0.25) is 0 Å². The largest absolute Gasteiger partial charge is 0.483 e. The molecule has 0 N–H and O–H groups in total. The number of hydroxylamine groups is 2. The summed E-state index contributed by atoms with van der Waals surface area (Å²) >= 11 is 0. The van der Waals surface area contributed by atoms with Crippen LogP contribution in [0.3, 0.4) is 0 Å². The van der Waals surface area contributed by atoms with Crippen LogP contribution in [0.4, 0.5) is 8.78 Å². The Bertz CT molecular complexity index is 1110. The average Bonchev–Trinajstić information content (AvgIpc) is 2.99. The van der Waals surface area contributed by atoms with Gasteiger partial charge in [-0.05, 0) is 29.8 Å². The number of carbonyl (C=O) groups is 3. The molecule has 30 heavy (non-hydrogen) atoms. The lowest BCUT2D eigenvalue weighted by molar-refractivity contribution is -0.0585. The number of hydrogen-bond acceptors (Lipinski definition) is 5. The normalized spacial score (nSPS) is 12.7. The van der Waals surface area contributed by atoms with Crippen molar-refractivity contribution in [3.63, 3.8) is 0 Å². The summed E-state index contributed by atoms with van der Waals surface area (Å²) in [6.45, 7) is -0.0759. The zero-order chi connectivity index (χ0) is 21.3. The highest BCUT2D eigenvalue weighted by Crippen LogP contribution is 2.27. The highest BCUT2D eigenvalue weighted by Gasteiger charge is 2.39. The van der Waals surface area contributed by atoms with E-state index < -0.39 is 40.7 Å². The maximum Gasteiger partial charge on any atom is 0.364 e. The first-order valence-corrected chi connectivity index (χ1v) is 8.81. The lowest BCUT2D eigenvalue weighted by Gasteiger charge is -2.14. The van der Waals surface area contributed by atoms with Crippen LogP contribution in [0.2, 0.25) is 0 Å². The van der Waals surface area contributed by atoms with E-state index in [0.29, 0.717) is 17.7 Å². The Hall–Kier alpha value is -4.07. The molecule has 0 aromatic heterocycles. The smallest absolute Gasteiger partial charge is 0.364 e. The fourth-order valence-corrected chi connectivity index (χ4v) is 2.93. The van der Waals surface area contributed by atoms with Crippen LogP contribution in [0, 0.1) is 11.6 Å². The third-order valence-corrected chi connectivity index (χ3v) is 4.39. The van der Waals surface area contributed by atoms with Crippen LogP contribution >= 0.6 is 0 Å². The van der Waals surface area contributed by atoms with Crippen molar-refractivity contribution in [1.29, 1.82) is 0 Å². The number of carbonyl (C=O) groups excluding carboxylic acids is 3. The van der Waals surface area contributed by atoms with E-state index in [1.807, 2.05) is 0 Å². The van der Waals surface area contributed by atoms with Gasteiger partial charge in [0, 0.05) is 0 Å². The van der Waals surface area contributed by atoms with E-state index in [2.05, 4.69) is 0 Å². The van der Waals surface area contributed by atoms with Gasteiger partial charge in [-0.15, -0.1) is 0 Å². The van der Waals surface area contributed by atoms with Gasteiger partial charge in [0.1, 0.15) is 6.61 Å². The molecular formula is C22H13F2NO5. The first kappa shape index (κ1) is 19.3. The van der Waals surface area contributed by atoms with E-state index in [9.17, 15) is 23.2 Å². The molecule has 0 unspecified atom stereocenters. The maximum absolute atomic E-state index is 14.3. The summed E-state index contributed by atoms with van der Waals surface area (Å²) in [6.07, 6.45) is 0. The lowest BCUT2D eigenvalue weighted by Crippen LogP contribution is -2.32. The summed E-state index contributed by atoms with van der Waals surface area (Å²) in [5.74, 6) is -5.85. The molecule has 2 amide bonds. The fourth-order valence-electron chi connectivity index (χ4n) is 2.93. The monoisotopic (exact) mass is 409 g/mol. The van der Waals surface area contributed by atoms with Crippen molar-refractivity contribution in [3.8, 4) is 5.75 Å². The van der Waals surface area contributed by atoms with Crippen molar-refractivity contribution in [3.05, 3.63) is 101 Å². The van der Waals surface area contributed by atoms with Gasteiger partial charge in [-0.2, -0.15) is 0 Å². The standard InChI is InChI=1S/C22H13F2NO5/c23-17-10-14(11-18(24)19(17)29-12-13-6-2-1-3-7-13)22(28)30-25-20(26)15-8-4-5-9-16(15)21(25)27/h1-11H,12H2. The number of halogens is 2. The van der Waals surface area contributed by atoms with Crippen molar-refractivity contribution in [2.75, 3.05) is 0 Å². The van der Waals surface area contributed by atoms with Crippen molar-refractivity contribution in [2.24, 2.45) is 0 Å². The number of rotatable bonds is 5. The van der Waals surface area contributed by atoms with Gasteiger partial charge in [0.05, 0.1) is 16.7 Å². The van der Waals surface area contributed by atoms with Gasteiger partial charge in [0.25, 0.3) is 11.8 Å². The van der Waals surface area contributed by atoms with Crippen LogP contribution in [-0.4, -0.2) is 22.8 Å². The molecular weight excluding hydrogens is 396 g/mol. The number of nitrogens with zero attached hydrogens (tertiary/aromatic N) is 1. The number of fused-ring (bicyclic) bond motifs is 1. The molecule has 0 radical (unpaired) electrons. The molecule has 8 heteroatoms. The first-order valence-electron chi connectivity index (χ1n) is 8.81. The minimum atomic E-state index is -1.27. The second-order valence-electron chi connectivity index (χ2n) is 6.37. The zero-order valence-electron chi connectivity index (χ0n) is 15.3. The Balaban J connectivity index is 1.50. The van der Waals surface area contributed by atoms with Crippen LogP contribution in [-0.2, 0) is 11.4 Å². The average molecular weight is 409 g/mol. The number of benzene rings is 3. The van der Waals surface area contributed by atoms with Crippen molar-refractivity contribution >= 4 is 17.8 Å². The summed E-state index contributed by atoms with van der Waals surface area (Å²) in [6, 6.07) is 16.1. The van der Waals surface area contributed by atoms with Crippen molar-refractivity contribution in [1.82, 2.24) is 5.06 Å². The summed E-state index contributed by atoms with van der Waals surface area (Å²) in [5, 5.41) is 0.266. The molecule has 0 saturated heterocycles. The van der Waals surface area contributed by atoms with Gasteiger partial charge >= 0.3 is 5.97 Å². The van der Waals surface area contributed by atoms with Gasteiger partial charge in [-0.1, -0.05) is 47.5 Å². The number of amides is 2. The van der Waals surface area contributed by atoms with Crippen molar-refractivity contribution in [2.45, 2.75) is 6.61 Å². The SMILES string of the molecule is O=C(ON1C(=O)c2ccccc2C1=O)c1cc(F)c(OCc2ccccc2)c(F)c1. The van der Waals surface area contributed by atoms with E-state index in [0.717, 1.165) is 0 Å². The predicted octanol–water partition coefficient (Wildman–Crippen LogP) is 3.91. The molecule has 1 heterocycles. The fraction of sp³-hybridized carbons (Fsp3) is 0.0455. The Morgan fingerprint density at radius 1 is 0.833 bits per heavy atom. The molecule has 4 rings (SSSR count). The van der Waals surface area contributed by atoms with Crippen LogP contribution < -0.4 is 4.74 Å². The van der Waals surface area contributed by atoms with Gasteiger partial charge in [-0.3, -0.25) is 9.59 Å². The third-order valence-electron chi connectivity index (χ3n) is 4.39. The predicted molar refractivity (Wildman–Crippen MR) is 99.5 cm³/mol. The second kappa shape index (κ2) is 7.75. The lowest BCUT2D eigenvalue weighted by atomic mass is 10.1. The zero-order valence-corrected chi connectivity index (χ0v) is 15.3. The molecule has 0 spiro atoms. The quantitative estimate of drug-likeness (QED) is 0.598. The molecule has 1 aliphatic heterocycles. The number of ether oxygens (including phenoxy) is 1. The molecule has 3 aromatic carbocycles. The van der Waals surface area contributed by atoms with Gasteiger partial charge < -0.3 is 9.57 Å². The molecule has 0 fully saturated rings. The molecule has 150 valence electrons. The summed E-state index contributed by atoms with van der Waals surface area (Å²) < 4.78 is 33.8. The van der Waals surface area contributed by atoms with Crippen molar-refractivity contribution < 1.29 is 32.7 Å². The Morgan fingerprint density at radius 2 is 1.37 bits per heavy atom. The van der Waals surface area contributed by atoms with Crippen LogP contribution in [0.5, 0.6) is 5.75 Å². The summed E-state index contributed by atoms with van der Waals surface area (Å²) in [7, 11) is 0. The highest BCUT2D eigenvalue weighted by atomic mass is 19.1. The van der Waals surface area contributed by atoms with E-state index in [1.165, 1.54) is 12.1 Å². The Labute approximate surface area is 169 Å². The van der Waals surface area contributed by atoms with E-state index in [4.69, 9.17) is 9.57 Å². The van der Waals surface area contributed by atoms with Crippen LogP contribution in [0.25, 0.3) is 0 Å². The van der Waals surface area contributed by atoms with Gasteiger partial charge in [-0.25, -0.2) is 13.6 Å². The minimum absolute atomic E-state index is 0.0670. The molecule has 0 aliphatic carbocycles.